The van der Waals surface area contributed by atoms with Crippen molar-refractivity contribution in [3.05, 3.63) is 29.2 Å². The lowest BCUT2D eigenvalue weighted by Gasteiger charge is -2.05. The summed E-state index contributed by atoms with van der Waals surface area (Å²) in [5.41, 5.74) is 1.50. The molecule has 1 fully saturated rings. The van der Waals surface area contributed by atoms with Gasteiger partial charge in [-0.05, 0) is 18.4 Å². The van der Waals surface area contributed by atoms with Crippen LogP contribution >= 0.6 is 11.6 Å². The molecule has 1 amide bonds. The van der Waals surface area contributed by atoms with E-state index in [4.69, 9.17) is 16.7 Å². The summed E-state index contributed by atoms with van der Waals surface area (Å²) in [6.07, 6.45) is 6.04. The van der Waals surface area contributed by atoms with Gasteiger partial charge in [0.1, 0.15) is 5.02 Å². The molecule has 0 radical (unpaired) electrons. The molecule has 2 aromatic rings. The average molecular weight is 309 g/mol. The number of carboxylic acid groups (broad SMARTS) is 1. The minimum Gasteiger partial charge on any atom is -0.481 e. The van der Waals surface area contributed by atoms with E-state index in [0.29, 0.717) is 30.1 Å². The van der Waals surface area contributed by atoms with E-state index in [0.717, 1.165) is 5.56 Å². The van der Waals surface area contributed by atoms with Crippen molar-refractivity contribution in [1.29, 1.82) is 0 Å². The highest BCUT2D eigenvalue weighted by molar-refractivity contribution is 6.33. The summed E-state index contributed by atoms with van der Waals surface area (Å²) in [4.78, 5) is 26.6. The summed E-state index contributed by atoms with van der Waals surface area (Å²) in [5.74, 6) is -2.00. The average Bonchev–Trinajstić information content (AvgIpc) is 3.19. The van der Waals surface area contributed by atoms with Crippen LogP contribution in [0.5, 0.6) is 0 Å². The van der Waals surface area contributed by atoms with E-state index in [1.165, 1.54) is 6.20 Å². The number of hydrogen-bond acceptors (Lipinski definition) is 4. The summed E-state index contributed by atoms with van der Waals surface area (Å²) in [5, 5.41) is 16.1. The molecule has 1 aliphatic carbocycles. The van der Waals surface area contributed by atoms with Gasteiger partial charge in [-0.15, -0.1) is 0 Å². The first-order valence-corrected chi connectivity index (χ1v) is 6.92. The quantitative estimate of drug-likeness (QED) is 0.850. The molecule has 1 saturated carbocycles. The molecule has 2 N–H and O–H groups in total. The number of halogens is 1. The summed E-state index contributed by atoms with van der Waals surface area (Å²) in [6.45, 7) is 0.434. The van der Waals surface area contributed by atoms with Gasteiger partial charge in [-0.25, -0.2) is 9.50 Å². The van der Waals surface area contributed by atoms with Crippen LogP contribution in [-0.2, 0) is 16.0 Å². The number of aromatic nitrogens is 3. The zero-order chi connectivity index (χ0) is 15.0. The molecule has 1 aliphatic rings. The fourth-order valence-corrected chi connectivity index (χ4v) is 2.41. The molecule has 8 heteroatoms. The van der Waals surface area contributed by atoms with Crippen LogP contribution in [0.3, 0.4) is 0 Å². The highest BCUT2D eigenvalue weighted by Crippen LogP contribution is 2.38. The van der Waals surface area contributed by atoms with E-state index in [-0.39, 0.29) is 11.8 Å². The lowest BCUT2D eigenvalue weighted by molar-refractivity contribution is -0.140. The second-order valence-corrected chi connectivity index (χ2v) is 5.46. The van der Waals surface area contributed by atoms with Crippen molar-refractivity contribution in [2.24, 2.45) is 11.8 Å². The normalized spacial score (nSPS) is 20.4. The van der Waals surface area contributed by atoms with Crippen LogP contribution in [0.1, 0.15) is 12.0 Å². The maximum atomic E-state index is 11.7. The van der Waals surface area contributed by atoms with Crippen molar-refractivity contribution < 1.29 is 14.7 Å². The monoisotopic (exact) mass is 308 g/mol. The topological polar surface area (TPSA) is 96.6 Å². The molecule has 2 atom stereocenters. The van der Waals surface area contributed by atoms with Crippen LogP contribution in [0.4, 0.5) is 0 Å². The van der Waals surface area contributed by atoms with Crippen LogP contribution in [-0.4, -0.2) is 38.1 Å². The van der Waals surface area contributed by atoms with E-state index in [1.54, 1.807) is 16.9 Å². The summed E-state index contributed by atoms with van der Waals surface area (Å²) in [6, 6.07) is 0. The van der Waals surface area contributed by atoms with Gasteiger partial charge in [0, 0.05) is 18.9 Å². The Morgan fingerprint density at radius 3 is 2.95 bits per heavy atom. The van der Waals surface area contributed by atoms with Crippen molar-refractivity contribution in [2.75, 3.05) is 6.54 Å². The number of carboxylic acids is 1. The maximum Gasteiger partial charge on any atom is 0.307 e. The summed E-state index contributed by atoms with van der Waals surface area (Å²) >= 11 is 5.90. The van der Waals surface area contributed by atoms with Gasteiger partial charge in [-0.2, -0.15) is 5.10 Å². The molecule has 0 aromatic carbocycles. The molecule has 7 nitrogen and oxygen atoms in total. The predicted octanol–water partition coefficient (Wildman–Crippen LogP) is 0.762. The van der Waals surface area contributed by atoms with E-state index in [9.17, 15) is 9.59 Å². The molecule has 110 valence electrons. The van der Waals surface area contributed by atoms with E-state index in [1.807, 2.05) is 0 Å². The highest BCUT2D eigenvalue weighted by Gasteiger charge is 2.48. The van der Waals surface area contributed by atoms with Crippen LogP contribution in [0.2, 0.25) is 5.02 Å². The molecule has 0 bridgehead atoms. The molecule has 3 rings (SSSR count). The molecule has 0 spiro atoms. The van der Waals surface area contributed by atoms with Gasteiger partial charge in [0.25, 0.3) is 0 Å². The minimum atomic E-state index is -0.902. The SMILES string of the molecule is O=C(NCCc1cnc2c(Cl)cnn2c1)[C@H]1C[C@H]1C(=O)O. The van der Waals surface area contributed by atoms with E-state index in [2.05, 4.69) is 15.4 Å². The molecule has 0 unspecified atom stereocenters. The zero-order valence-electron chi connectivity index (χ0n) is 11.0. The van der Waals surface area contributed by atoms with Gasteiger partial charge in [0.05, 0.1) is 18.0 Å². The van der Waals surface area contributed by atoms with Crippen molar-refractivity contribution >= 4 is 29.1 Å². The van der Waals surface area contributed by atoms with Gasteiger partial charge >= 0.3 is 5.97 Å². The van der Waals surface area contributed by atoms with Crippen LogP contribution in [0.25, 0.3) is 5.65 Å². The Morgan fingerprint density at radius 1 is 1.43 bits per heavy atom. The number of fused-ring (bicyclic) bond motifs is 1. The number of amides is 1. The Balaban J connectivity index is 1.52. The number of carbonyl (C=O) groups excluding carboxylic acids is 1. The van der Waals surface area contributed by atoms with Crippen LogP contribution < -0.4 is 5.32 Å². The molecular formula is C13H13ClN4O3. The van der Waals surface area contributed by atoms with E-state index < -0.39 is 11.9 Å². The van der Waals surface area contributed by atoms with Crippen LogP contribution in [0, 0.1) is 11.8 Å². The summed E-state index contributed by atoms with van der Waals surface area (Å²) in [7, 11) is 0. The Bertz CT molecular complexity index is 715. The Labute approximate surface area is 124 Å². The molecule has 2 aromatic heterocycles. The number of nitrogens with zero attached hydrogens (tertiary/aromatic N) is 3. The maximum absolute atomic E-state index is 11.7. The number of hydrogen-bond donors (Lipinski definition) is 2. The van der Waals surface area contributed by atoms with Crippen LogP contribution in [0.15, 0.2) is 18.6 Å². The van der Waals surface area contributed by atoms with Gasteiger partial charge in [0.15, 0.2) is 5.65 Å². The number of nitrogens with one attached hydrogen (secondary N) is 1. The first-order valence-electron chi connectivity index (χ1n) is 6.54. The van der Waals surface area contributed by atoms with Crippen molar-refractivity contribution in [3.63, 3.8) is 0 Å². The molecular weight excluding hydrogens is 296 g/mol. The third kappa shape index (κ3) is 2.82. The third-order valence-electron chi connectivity index (χ3n) is 3.52. The number of aliphatic carboxylic acids is 1. The first kappa shape index (κ1) is 13.8. The smallest absolute Gasteiger partial charge is 0.307 e. The van der Waals surface area contributed by atoms with Crippen molar-refractivity contribution in [3.8, 4) is 0 Å². The third-order valence-corrected chi connectivity index (χ3v) is 3.79. The van der Waals surface area contributed by atoms with Gasteiger partial charge in [0.2, 0.25) is 5.91 Å². The fraction of sp³-hybridized carbons (Fsp3) is 0.385. The second-order valence-electron chi connectivity index (χ2n) is 5.05. The number of rotatable bonds is 5. The van der Waals surface area contributed by atoms with Gasteiger partial charge in [-0.1, -0.05) is 11.6 Å². The zero-order valence-corrected chi connectivity index (χ0v) is 11.7. The molecule has 2 heterocycles. The summed E-state index contributed by atoms with van der Waals surface area (Å²) < 4.78 is 1.58. The lowest BCUT2D eigenvalue weighted by atomic mass is 10.2. The first-order chi connectivity index (χ1) is 10.1. The molecule has 0 saturated heterocycles. The largest absolute Gasteiger partial charge is 0.481 e. The van der Waals surface area contributed by atoms with Gasteiger partial charge < -0.3 is 10.4 Å². The highest BCUT2D eigenvalue weighted by atomic mass is 35.5. The fourth-order valence-electron chi connectivity index (χ4n) is 2.23. The predicted molar refractivity (Wildman–Crippen MR) is 73.9 cm³/mol. The van der Waals surface area contributed by atoms with Gasteiger partial charge in [-0.3, -0.25) is 9.59 Å². The standard InChI is InChI=1S/C13H13ClN4O3/c14-10-5-17-18-6-7(4-16-11(10)18)1-2-15-12(19)8-3-9(8)13(20)21/h4-6,8-9H,1-3H2,(H,15,19)(H,20,21)/t8-,9+/m0/s1. The van der Waals surface area contributed by atoms with Crippen molar-refractivity contribution in [1.82, 2.24) is 19.9 Å². The Morgan fingerprint density at radius 2 is 2.24 bits per heavy atom. The number of carbonyl (C=O) groups is 2. The van der Waals surface area contributed by atoms with E-state index >= 15 is 0 Å². The minimum absolute atomic E-state index is 0.196. The second kappa shape index (κ2) is 5.33. The molecule has 0 aliphatic heterocycles. The Kier molecular flexibility index (Phi) is 3.50. The Hall–Kier alpha value is -2.15. The lowest BCUT2D eigenvalue weighted by Crippen LogP contribution is -2.28. The molecule has 21 heavy (non-hydrogen) atoms. The van der Waals surface area contributed by atoms with Crippen molar-refractivity contribution in [2.45, 2.75) is 12.8 Å².